The molecule has 1 aliphatic rings. The number of aliphatic hydroxyl groups is 1. The van der Waals surface area contributed by atoms with Crippen LogP contribution in [0.4, 0.5) is 5.82 Å². The molecule has 210 valence electrons. The number of aromatic nitrogens is 3. The molecule has 2 aromatic rings. The number of anilines is 1. The van der Waals surface area contributed by atoms with E-state index in [1.807, 2.05) is 6.92 Å². The highest BCUT2D eigenvalue weighted by Crippen LogP contribution is 2.37. The van der Waals surface area contributed by atoms with Crippen LogP contribution >= 0.6 is 0 Å². The van der Waals surface area contributed by atoms with E-state index < -0.39 is 5.41 Å². The zero-order valence-corrected chi connectivity index (χ0v) is 25.3. The Morgan fingerprint density at radius 2 is 1.71 bits per heavy atom. The number of pyridine rings is 1. The summed E-state index contributed by atoms with van der Waals surface area (Å²) in [5.74, 6) is 0.671. The van der Waals surface area contributed by atoms with Crippen molar-refractivity contribution >= 4 is 11.7 Å². The minimum Gasteiger partial charge on any atom is -0.394 e. The maximum atomic E-state index is 13.9. The fourth-order valence-corrected chi connectivity index (χ4v) is 5.45. The van der Waals surface area contributed by atoms with Gasteiger partial charge in [-0.15, -0.1) is 0 Å². The van der Waals surface area contributed by atoms with Crippen molar-refractivity contribution in [3.05, 3.63) is 46.2 Å². The Hall–Kier alpha value is -2.54. The molecule has 1 aliphatic heterocycles. The number of amides is 1. The second kappa shape index (κ2) is 10.9. The number of aryl methyl sites for hydroxylation is 1. The van der Waals surface area contributed by atoms with Crippen LogP contribution < -0.4 is 5.73 Å². The average Bonchev–Trinajstić information content (AvgIpc) is 3.29. The Balaban J connectivity index is 1.94. The minimum absolute atomic E-state index is 0.0309. The topological polar surface area (TPSA) is 105 Å². The molecular weight excluding hydrogens is 474 g/mol. The average molecular weight is 524 g/mol. The summed E-state index contributed by atoms with van der Waals surface area (Å²) >= 11 is 0. The molecule has 2 unspecified atom stereocenters. The van der Waals surface area contributed by atoms with E-state index in [-0.39, 0.29) is 35.3 Å². The number of carbonyl (C=O) groups excluding carboxylic acids is 1. The second-order valence-corrected chi connectivity index (χ2v) is 13.8. The smallest absolute Gasteiger partial charge is 0.274 e. The van der Waals surface area contributed by atoms with Crippen LogP contribution in [0.25, 0.3) is 0 Å². The predicted molar refractivity (Wildman–Crippen MR) is 155 cm³/mol. The molecule has 1 fully saturated rings. The van der Waals surface area contributed by atoms with Crippen molar-refractivity contribution in [2.45, 2.75) is 123 Å². The van der Waals surface area contributed by atoms with Crippen LogP contribution in [-0.4, -0.2) is 50.1 Å². The zero-order chi connectivity index (χ0) is 28.6. The molecule has 0 aliphatic carbocycles. The van der Waals surface area contributed by atoms with Gasteiger partial charge >= 0.3 is 0 Å². The predicted octanol–water partition coefficient (Wildman–Crippen LogP) is 5.82. The maximum Gasteiger partial charge on any atom is 0.274 e. The number of aliphatic hydroxyl groups excluding tert-OH is 1. The highest BCUT2D eigenvalue weighted by Gasteiger charge is 2.37. The fraction of sp³-hybridized carbons (Fsp3) is 0.677. The lowest BCUT2D eigenvalue weighted by Crippen LogP contribution is -2.40. The molecule has 3 N–H and O–H groups in total. The molecule has 2 aromatic heterocycles. The largest absolute Gasteiger partial charge is 0.394 e. The monoisotopic (exact) mass is 523 g/mol. The maximum absolute atomic E-state index is 13.9. The van der Waals surface area contributed by atoms with E-state index in [2.05, 4.69) is 74.4 Å². The van der Waals surface area contributed by atoms with Crippen molar-refractivity contribution in [1.82, 2.24) is 19.9 Å². The van der Waals surface area contributed by atoms with Crippen molar-refractivity contribution in [2.24, 2.45) is 0 Å². The number of carbonyl (C=O) groups is 1. The summed E-state index contributed by atoms with van der Waals surface area (Å²) in [5, 5.41) is 9.88. The van der Waals surface area contributed by atoms with Crippen molar-refractivity contribution in [3.63, 3.8) is 0 Å². The molecule has 0 radical (unpaired) electrons. The van der Waals surface area contributed by atoms with Crippen LogP contribution in [0.2, 0.25) is 0 Å². The molecule has 1 amide bonds. The molecule has 2 atom stereocenters. The number of hydrogen-bond donors (Lipinski definition) is 2. The van der Waals surface area contributed by atoms with Gasteiger partial charge in [-0.1, -0.05) is 68.4 Å². The third-order valence-corrected chi connectivity index (χ3v) is 7.93. The molecule has 0 aromatic carbocycles. The van der Waals surface area contributed by atoms with E-state index >= 15 is 0 Å². The van der Waals surface area contributed by atoms with Crippen LogP contribution in [0, 0.1) is 6.92 Å². The molecule has 3 heterocycles. The fourth-order valence-electron chi connectivity index (χ4n) is 5.45. The third kappa shape index (κ3) is 6.36. The summed E-state index contributed by atoms with van der Waals surface area (Å²) < 4.78 is 0. The van der Waals surface area contributed by atoms with Gasteiger partial charge in [-0.2, -0.15) is 0 Å². The van der Waals surface area contributed by atoms with Crippen LogP contribution in [0.15, 0.2) is 12.1 Å². The van der Waals surface area contributed by atoms with Crippen LogP contribution in [-0.2, 0) is 16.2 Å². The van der Waals surface area contributed by atoms with E-state index in [1.54, 1.807) is 4.90 Å². The lowest BCUT2D eigenvalue weighted by Gasteiger charge is -2.32. The highest BCUT2D eigenvalue weighted by molar-refractivity contribution is 5.94. The molecule has 38 heavy (non-hydrogen) atoms. The Morgan fingerprint density at radius 1 is 1.05 bits per heavy atom. The Bertz CT molecular complexity index is 1160. The van der Waals surface area contributed by atoms with Crippen LogP contribution in [0.1, 0.15) is 133 Å². The van der Waals surface area contributed by atoms with Gasteiger partial charge in [-0.25, -0.2) is 9.97 Å². The first kappa shape index (κ1) is 30.0. The number of nitrogens with zero attached hydrogens (tertiary/aromatic N) is 4. The first-order chi connectivity index (χ1) is 17.5. The Kier molecular flexibility index (Phi) is 8.62. The lowest BCUT2D eigenvalue weighted by molar-refractivity contribution is 0.0667. The Morgan fingerprint density at radius 3 is 2.26 bits per heavy atom. The molecule has 7 heteroatoms. The minimum atomic E-state index is -0.393. The molecule has 7 nitrogen and oxygen atoms in total. The molecule has 3 rings (SSSR count). The van der Waals surface area contributed by atoms with Gasteiger partial charge in [0.05, 0.1) is 29.7 Å². The van der Waals surface area contributed by atoms with E-state index in [0.717, 1.165) is 54.0 Å². The number of likely N-dealkylation sites (tertiary alicyclic amines) is 1. The summed E-state index contributed by atoms with van der Waals surface area (Å²) in [6, 6.07) is 4.03. The summed E-state index contributed by atoms with van der Waals surface area (Å²) in [4.78, 5) is 30.4. The van der Waals surface area contributed by atoms with Crippen LogP contribution in [0.3, 0.4) is 0 Å². The van der Waals surface area contributed by atoms with Gasteiger partial charge in [0.25, 0.3) is 5.91 Å². The van der Waals surface area contributed by atoms with Gasteiger partial charge < -0.3 is 15.7 Å². The van der Waals surface area contributed by atoms with Gasteiger partial charge in [-0.3, -0.25) is 9.78 Å². The Labute approximate surface area is 229 Å². The summed E-state index contributed by atoms with van der Waals surface area (Å²) in [6.45, 7) is 21.8. The lowest BCUT2D eigenvalue weighted by atomic mass is 9.79. The van der Waals surface area contributed by atoms with Crippen molar-refractivity contribution in [2.75, 3.05) is 18.9 Å². The first-order valence-electron chi connectivity index (χ1n) is 14.1. The molecule has 0 bridgehead atoms. The second-order valence-electron chi connectivity index (χ2n) is 13.8. The highest BCUT2D eigenvalue weighted by atomic mass is 16.3. The summed E-state index contributed by atoms with van der Waals surface area (Å²) in [5.41, 5.74) is 10.6. The van der Waals surface area contributed by atoms with Crippen molar-refractivity contribution < 1.29 is 9.90 Å². The van der Waals surface area contributed by atoms with Crippen LogP contribution in [0.5, 0.6) is 0 Å². The summed E-state index contributed by atoms with van der Waals surface area (Å²) in [7, 11) is 0. The van der Waals surface area contributed by atoms with Gasteiger partial charge in [0.15, 0.2) is 5.69 Å². The number of rotatable bonds is 7. The van der Waals surface area contributed by atoms with E-state index in [0.29, 0.717) is 18.1 Å². The van der Waals surface area contributed by atoms with Gasteiger partial charge in [-0.05, 0) is 50.2 Å². The van der Waals surface area contributed by atoms with E-state index in [9.17, 15) is 9.90 Å². The number of nitrogen functional groups attached to an aromatic ring is 1. The first-order valence-corrected chi connectivity index (χ1v) is 14.1. The van der Waals surface area contributed by atoms with E-state index in [4.69, 9.17) is 20.7 Å². The number of nitrogens with two attached hydrogens (primary N) is 1. The quantitative estimate of drug-likeness (QED) is 0.474. The summed E-state index contributed by atoms with van der Waals surface area (Å²) in [6.07, 6.45) is 3.38. The molecular formula is C31H49N5O2. The van der Waals surface area contributed by atoms with Crippen molar-refractivity contribution in [1.29, 1.82) is 0 Å². The van der Waals surface area contributed by atoms with Gasteiger partial charge in [0, 0.05) is 28.5 Å². The normalized spacial score (nSPS) is 17.7. The standard InChI is InChI=1S/C31H49N5O2/c1-19(22-13-14-23(29(3,4)5)34-27(22)32)15-16-31(9,10)26-24(28(38)36-17-11-12-21(36)18-37)35-25(20(2)33-26)30(6,7)8/h13-14,19,21,37H,11-12,15-18H2,1-10H3,(H2,32,34). The van der Waals surface area contributed by atoms with Gasteiger partial charge in [0.1, 0.15) is 5.82 Å². The molecule has 0 spiro atoms. The van der Waals surface area contributed by atoms with E-state index in [1.165, 1.54) is 0 Å². The third-order valence-electron chi connectivity index (χ3n) is 7.93. The number of hydrogen-bond acceptors (Lipinski definition) is 6. The SMILES string of the molecule is Cc1nc(C(C)(C)CCC(C)c2ccc(C(C)(C)C)nc2N)c(C(=O)N2CCCC2CO)nc1C(C)(C)C. The molecule has 1 saturated heterocycles. The molecule has 0 saturated carbocycles. The van der Waals surface area contributed by atoms with Gasteiger partial charge in [0.2, 0.25) is 0 Å². The zero-order valence-electron chi connectivity index (χ0n) is 25.3. The van der Waals surface area contributed by atoms with Crippen molar-refractivity contribution in [3.8, 4) is 0 Å².